The SMILES string of the molecule is CC1CNC(C)(C2CC2)CN1C1(C)CCCCC1. The summed E-state index contributed by atoms with van der Waals surface area (Å²) < 4.78 is 0. The van der Waals surface area contributed by atoms with Gasteiger partial charge >= 0.3 is 0 Å². The lowest BCUT2D eigenvalue weighted by Gasteiger charge is -2.54. The first kappa shape index (κ1) is 12.9. The van der Waals surface area contributed by atoms with E-state index < -0.39 is 0 Å². The molecule has 0 bridgehead atoms. The smallest absolute Gasteiger partial charge is 0.0309 e. The predicted molar refractivity (Wildman–Crippen MR) is 76.8 cm³/mol. The highest BCUT2D eigenvalue weighted by Gasteiger charge is 2.49. The van der Waals surface area contributed by atoms with Crippen molar-refractivity contribution in [3.63, 3.8) is 0 Å². The number of nitrogens with one attached hydrogen (secondary N) is 1. The molecule has 3 rings (SSSR count). The second-order valence-electron chi connectivity index (χ2n) is 7.61. The molecule has 2 aliphatic carbocycles. The molecule has 2 unspecified atom stereocenters. The molecule has 1 heterocycles. The van der Waals surface area contributed by atoms with E-state index in [9.17, 15) is 0 Å². The van der Waals surface area contributed by atoms with E-state index in [1.165, 1.54) is 58.0 Å². The van der Waals surface area contributed by atoms with Crippen LogP contribution in [0.1, 0.15) is 65.7 Å². The molecule has 0 amide bonds. The van der Waals surface area contributed by atoms with E-state index in [1.54, 1.807) is 0 Å². The Labute approximate surface area is 113 Å². The standard InChI is InChI=1S/C16H30N2/c1-13-11-17-16(3,14-7-8-14)12-18(13)15(2)9-5-4-6-10-15/h13-14,17H,4-12H2,1-3H3. The third kappa shape index (κ3) is 2.22. The van der Waals surface area contributed by atoms with Crippen LogP contribution in [0.5, 0.6) is 0 Å². The van der Waals surface area contributed by atoms with Gasteiger partial charge in [0.25, 0.3) is 0 Å². The largest absolute Gasteiger partial charge is 0.308 e. The molecule has 2 atom stereocenters. The maximum absolute atomic E-state index is 3.85. The van der Waals surface area contributed by atoms with Gasteiger partial charge in [-0.05, 0) is 52.4 Å². The van der Waals surface area contributed by atoms with E-state index in [-0.39, 0.29) is 0 Å². The van der Waals surface area contributed by atoms with Gasteiger partial charge in [0.1, 0.15) is 0 Å². The minimum atomic E-state index is 0.396. The van der Waals surface area contributed by atoms with Crippen molar-refractivity contribution >= 4 is 0 Å². The predicted octanol–water partition coefficient (Wildman–Crippen LogP) is 3.17. The van der Waals surface area contributed by atoms with Gasteiger partial charge in [0.2, 0.25) is 0 Å². The summed E-state index contributed by atoms with van der Waals surface area (Å²) in [5.41, 5.74) is 0.878. The maximum atomic E-state index is 3.85. The Morgan fingerprint density at radius 2 is 1.72 bits per heavy atom. The first-order valence-electron chi connectivity index (χ1n) is 8.05. The van der Waals surface area contributed by atoms with Crippen LogP contribution in [0.15, 0.2) is 0 Å². The molecule has 104 valence electrons. The van der Waals surface area contributed by atoms with Crippen LogP contribution in [0.4, 0.5) is 0 Å². The molecule has 0 aromatic carbocycles. The van der Waals surface area contributed by atoms with Gasteiger partial charge < -0.3 is 5.32 Å². The monoisotopic (exact) mass is 250 g/mol. The average Bonchev–Trinajstić information content (AvgIpc) is 3.18. The third-order valence-electron chi connectivity index (χ3n) is 5.93. The first-order chi connectivity index (χ1) is 8.54. The normalized spacial score (nSPS) is 41.8. The molecule has 2 heteroatoms. The number of hydrogen-bond acceptors (Lipinski definition) is 2. The number of hydrogen-bond donors (Lipinski definition) is 1. The van der Waals surface area contributed by atoms with Crippen LogP contribution >= 0.6 is 0 Å². The molecule has 2 nitrogen and oxygen atoms in total. The minimum absolute atomic E-state index is 0.396. The van der Waals surface area contributed by atoms with Crippen molar-refractivity contribution in [2.75, 3.05) is 13.1 Å². The van der Waals surface area contributed by atoms with E-state index in [0.29, 0.717) is 17.1 Å². The van der Waals surface area contributed by atoms with Crippen LogP contribution in [0.2, 0.25) is 0 Å². The molecular formula is C16H30N2. The van der Waals surface area contributed by atoms with Crippen LogP contribution in [-0.2, 0) is 0 Å². The van der Waals surface area contributed by atoms with E-state index in [2.05, 4.69) is 31.0 Å². The first-order valence-corrected chi connectivity index (χ1v) is 8.05. The van der Waals surface area contributed by atoms with Crippen molar-refractivity contribution in [1.82, 2.24) is 10.2 Å². The van der Waals surface area contributed by atoms with Gasteiger partial charge in [0, 0.05) is 30.2 Å². The molecule has 1 N–H and O–H groups in total. The maximum Gasteiger partial charge on any atom is 0.0309 e. The highest BCUT2D eigenvalue weighted by Crippen LogP contribution is 2.44. The molecule has 0 radical (unpaired) electrons. The lowest BCUT2D eigenvalue weighted by Crippen LogP contribution is -2.68. The summed E-state index contributed by atoms with van der Waals surface area (Å²) in [7, 11) is 0. The van der Waals surface area contributed by atoms with E-state index in [0.717, 1.165) is 5.92 Å². The lowest BCUT2D eigenvalue weighted by molar-refractivity contribution is -0.0227. The molecule has 1 aliphatic heterocycles. The Balaban J connectivity index is 1.76. The zero-order valence-electron chi connectivity index (χ0n) is 12.5. The number of piperazine rings is 1. The Morgan fingerprint density at radius 3 is 2.33 bits per heavy atom. The fourth-order valence-corrected chi connectivity index (χ4v) is 4.37. The lowest BCUT2D eigenvalue weighted by atomic mass is 9.78. The summed E-state index contributed by atoms with van der Waals surface area (Å²) in [6.45, 7) is 9.87. The highest BCUT2D eigenvalue weighted by atomic mass is 15.3. The van der Waals surface area contributed by atoms with Crippen molar-refractivity contribution in [3.05, 3.63) is 0 Å². The summed E-state index contributed by atoms with van der Waals surface area (Å²) in [6.07, 6.45) is 10.1. The summed E-state index contributed by atoms with van der Waals surface area (Å²) in [4.78, 5) is 2.86. The van der Waals surface area contributed by atoms with E-state index >= 15 is 0 Å². The van der Waals surface area contributed by atoms with E-state index in [4.69, 9.17) is 0 Å². The van der Waals surface area contributed by atoms with Crippen LogP contribution in [0, 0.1) is 5.92 Å². The molecule has 3 fully saturated rings. The van der Waals surface area contributed by atoms with Gasteiger partial charge in [-0.25, -0.2) is 0 Å². The van der Waals surface area contributed by atoms with Gasteiger partial charge in [0.05, 0.1) is 0 Å². The molecule has 1 saturated heterocycles. The Morgan fingerprint density at radius 1 is 1.06 bits per heavy atom. The van der Waals surface area contributed by atoms with Crippen LogP contribution in [0.3, 0.4) is 0 Å². The molecular weight excluding hydrogens is 220 g/mol. The van der Waals surface area contributed by atoms with Crippen LogP contribution in [0.25, 0.3) is 0 Å². The summed E-state index contributed by atoms with van der Waals surface area (Å²) in [5.74, 6) is 0.944. The summed E-state index contributed by atoms with van der Waals surface area (Å²) in [5, 5.41) is 3.85. The quantitative estimate of drug-likeness (QED) is 0.810. The summed E-state index contributed by atoms with van der Waals surface area (Å²) >= 11 is 0. The summed E-state index contributed by atoms with van der Waals surface area (Å²) in [6, 6.07) is 0.708. The highest BCUT2D eigenvalue weighted by molar-refractivity contribution is 5.07. The number of rotatable bonds is 2. The fourth-order valence-electron chi connectivity index (χ4n) is 4.37. The van der Waals surface area contributed by atoms with Crippen molar-refractivity contribution in [3.8, 4) is 0 Å². The van der Waals surface area contributed by atoms with Gasteiger partial charge in [-0.3, -0.25) is 4.90 Å². The molecule has 18 heavy (non-hydrogen) atoms. The molecule has 3 aliphatic rings. The Bertz CT molecular complexity index is 304. The third-order valence-corrected chi connectivity index (χ3v) is 5.93. The van der Waals surface area contributed by atoms with Gasteiger partial charge in [-0.15, -0.1) is 0 Å². The second-order valence-corrected chi connectivity index (χ2v) is 7.61. The zero-order chi connectivity index (χ0) is 12.8. The molecule has 2 saturated carbocycles. The Kier molecular flexibility index (Phi) is 3.22. The topological polar surface area (TPSA) is 15.3 Å². The number of nitrogens with zero attached hydrogens (tertiary/aromatic N) is 1. The van der Waals surface area contributed by atoms with Gasteiger partial charge in [-0.1, -0.05) is 19.3 Å². The van der Waals surface area contributed by atoms with Gasteiger partial charge in [-0.2, -0.15) is 0 Å². The fraction of sp³-hybridized carbons (Fsp3) is 1.00. The molecule has 0 aromatic rings. The van der Waals surface area contributed by atoms with Crippen LogP contribution in [-0.4, -0.2) is 35.1 Å². The molecule has 0 aromatic heterocycles. The van der Waals surface area contributed by atoms with Crippen molar-refractivity contribution in [2.45, 2.75) is 82.8 Å². The zero-order valence-corrected chi connectivity index (χ0v) is 12.5. The van der Waals surface area contributed by atoms with Crippen LogP contribution < -0.4 is 5.32 Å². The van der Waals surface area contributed by atoms with Gasteiger partial charge in [0.15, 0.2) is 0 Å². The van der Waals surface area contributed by atoms with Crippen molar-refractivity contribution in [2.24, 2.45) is 5.92 Å². The van der Waals surface area contributed by atoms with E-state index in [1.807, 2.05) is 0 Å². The minimum Gasteiger partial charge on any atom is -0.308 e. The van der Waals surface area contributed by atoms with Crippen molar-refractivity contribution < 1.29 is 0 Å². The second kappa shape index (κ2) is 4.49. The molecule has 0 spiro atoms. The van der Waals surface area contributed by atoms with Crippen molar-refractivity contribution in [1.29, 1.82) is 0 Å². The Hall–Kier alpha value is -0.0800. The average molecular weight is 250 g/mol.